The second-order valence-corrected chi connectivity index (χ2v) is 4.93. The summed E-state index contributed by atoms with van der Waals surface area (Å²) in [4.78, 5) is 15.4. The second kappa shape index (κ2) is 5.96. The van der Waals surface area contributed by atoms with E-state index in [1.54, 1.807) is 10.9 Å². The van der Waals surface area contributed by atoms with Crippen LogP contribution in [0.3, 0.4) is 0 Å². The zero-order valence-electron chi connectivity index (χ0n) is 10.4. The van der Waals surface area contributed by atoms with Gasteiger partial charge in [0.05, 0.1) is 6.33 Å². The van der Waals surface area contributed by atoms with Crippen molar-refractivity contribution in [3.8, 4) is 0 Å². The number of nitrogens with zero attached hydrogens (tertiary/aromatic N) is 2. The van der Waals surface area contributed by atoms with Crippen LogP contribution in [0.4, 0.5) is 0 Å². The van der Waals surface area contributed by atoms with E-state index >= 15 is 0 Å². The summed E-state index contributed by atoms with van der Waals surface area (Å²) < 4.78 is 1.65. The van der Waals surface area contributed by atoms with Gasteiger partial charge in [-0.05, 0) is 18.8 Å². The molecule has 1 aliphatic carbocycles. The fraction of sp³-hybridized carbons (Fsp3) is 0.692. The van der Waals surface area contributed by atoms with E-state index in [9.17, 15) is 4.79 Å². The predicted octanol–water partition coefficient (Wildman–Crippen LogP) is 1.41. The Morgan fingerprint density at radius 3 is 3.06 bits per heavy atom. The Morgan fingerprint density at radius 2 is 2.29 bits per heavy atom. The Bertz CT molecular complexity index is 402. The maximum absolute atomic E-state index is 11.5. The lowest BCUT2D eigenvalue weighted by Crippen LogP contribution is -2.39. The Balaban J connectivity index is 1.79. The smallest absolute Gasteiger partial charge is 0.253 e. The molecule has 1 saturated carbocycles. The molecule has 0 radical (unpaired) electrons. The summed E-state index contributed by atoms with van der Waals surface area (Å²) in [5, 5.41) is 3.56. The van der Waals surface area contributed by atoms with Crippen LogP contribution in [0.1, 0.15) is 32.6 Å². The Morgan fingerprint density at radius 1 is 1.47 bits per heavy atom. The molecule has 17 heavy (non-hydrogen) atoms. The summed E-state index contributed by atoms with van der Waals surface area (Å²) in [6.45, 7) is 3.86. The Hall–Kier alpha value is -1.16. The molecule has 0 aromatic carbocycles. The van der Waals surface area contributed by atoms with Crippen LogP contribution in [0.25, 0.3) is 0 Å². The van der Waals surface area contributed by atoms with Crippen LogP contribution in [0.5, 0.6) is 0 Å². The maximum Gasteiger partial charge on any atom is 0.253 e. The van der Waals surface area contributed by atoms with E-state index in [4.69, 9.17) is 0 Å². The number of nitrogens with one attached hydrogen (secondary N) is 1. The van der Waals surface area contributed by atoms with Gasteiger partial charge in [0.25, 0.3) is 5.56 Å². The van der Waals surface area contributed by atoms with E-state index in [1.165, 1.54) is 37.9 Å². The monoisotopic (exact) mass is 235 g/mol. The largest absolute Gasteiger partial charge is 0.312 e. The summed E-state index contributed by atoms with van der Waals surface area (Å²) >= 11 is 0. The van der Waals surface area contributed by atoms with E-state index < -0.39 is 0 Å². The van der Waals surface area contributed by atoms with Crippen molar-refractivity contribution in [1.82, 2.24) is 14.9 Å². The van der Waals surface area contributed by atoms with Crippen molar-refractivity contribution in [3.63, 3.8) is 0 Å². The molecule has 1 heterocycles. The molecule has 1 fully saturated rings. The minimum absolute atomic E-state index is 0.0264. The molecule has 94 valence electrons. The first-order valence-electron chi connectivity index (χ1n) is 6.51. The molecule has 4 heteroatoms. The number of hydrogen-bond donors (Lipinski definition) is 1. The Kier molecular flexibility index (Phi) is 4.31. The molecule has 0 aliphatic heterocycles. The molecule has 4 nitrogen and oxygen atoms in total. The third kappa shape index (κ3) is 3.40. The first-order chi connectivity index (χ1) is 8.27. The van der Waals surface area contributed by atoms with Gasteiger partial charge in [0.15, 0.2) is 0 Å². The molecule has 2 rings (SSSR count). The van der Waals surface area contributed by atoms with E-state index in [0.717, 1.165) is 12.5 Å². The van der Waals surface area contributed by atoms with E-state index in [-0.39, 0.29) is 5.56 Å². The standard InChI is InChI=1S/C13H21N3O/c1-11-4-2-3-5-12(11)15-8-9-16-10-14-7-6-13(16)17/h6-7,10-12,15H,2-5,8-9H2,1H3. The minimum Gasteiger partial charge on any atom is -0.312 e. The normalized spacial score (nSPS) is 24.8. The van der Waals surface area contributed by atoms with Gasteiger partial charge in [-0.3, -0.25) is 9.36 Å². The van der Waals surface area contributed by atoms with Crippen molar-refractivity contribution in [2.75, 3.05) is 6.54 Å². The number of rotatable bonds is 4. The van der Waals surface area contributed by atoms with Crippen LogP contribution in [-0.4, -0.2) is 22.1 Å². The minimum atomic E-state index is 0.0264. The van der Waals surface area contributed by atoms with Crippen molar-refractivity contribution < 1.29 is 0 Å². The Labute approximate surface area is 102 Å². The highest BCUT2D eigenvalue weighted by atomic mass is 16.1. The average molecular weight is 235 g/mol. The van der Waals surface area contributed by atoms with Gasteiger partial charge in [-0.25, -0.2) is 4.98 Å². The van der Waals surface area contributed by atoms with Crippen LogP contribution in [-0.2, 0) is 6.54 Å². The van der Waals surface area contributed by atoms with E-state index in [0.29, 0.717) is 12.6 Å². The highest BCUT2D eigenvalue weighted by Gasteiger charge is 2.20. The van der Waals surface area contributed by atoms with Crippen molar-refractivity contribution >= 4 is 0 Å². The quantitative estimate of drug-likeness (QED) is 0.858. The van der Waals surface area contributed by atoms with Gasteiger partial charge in [0.1, 0.15) is 0 Å². The third-order valence-electron chi connectivity index (χ3n) is 3.66. The van der Waals surface area contributed by atoms with Crippen molar-refractivity contribution in [1.29, 1.82) is 0 Å². The molecule has 1 aliphatic rings. The fourth-order valence-electron chi connectivity index (χ4n) is 2.54. The molecule has 2 atom stereocenters. The highest BCUT2D eigenvalue weighted by Crippen LogP contribution is 2.23. The van der Waals surface area contributed by atoms with Crippen LogP contribution in [0.15, 0.2) is 23.4 Å². The molecule has 2 unspecified atom stereocenters. The van der Waals surface area contributed by atoms with E-state index in [2.05, 4.69) is 17.2 Å². The summed E-state index contributed by atoms with van der Waals surface area (Å²) in [5.74, 6) is 0.759. The summed E-state index contributed by atoms with van der Waals surface area (Å²) in [6, 6.07) is 2.12. The van der Waals surface area contributed by atoms with Gasteiger partial charge in [-0.1, -0.05) is 19.8 Å². The molecule has 1 aromatic rings. The molecule has 1 N–H and O–H groups in total. The van der Waals surface area contributed by atoms with Gasteiger partial charge >= 0.3 is 0 Å². The topological polar surface area (TPSA) is 46.9 Å². The summed E-state index contributed by atoms with van der Waals surface area (Å²) in [5.41, 5.74) is 0.0264. The molecule has 1 aromatic heterocycles. The van der Waals surface area contributed by atoms with Crippen LogP contribution in [0, 0.1) is 5.92 Å². The second-order valence-electron chi connectivity index (χ2n) is 4.93. The van der Waals surface area contributed by atoms with Gasteiger partial charge in [0.2, 0.25) is 0 Å². The first-order valence-corrected chi connectivity index (χ1v) is 6.51. The molecule has 0 amide bonds. The van der Waals surface area contributed by atoms with Crippen molar-refractivity contribution in [2.45, 2.75) is 45.2 Å². The highest BCUT2D eigenvalue weighted by molar-refractivity contribution is 4.83. The lowest BCUT2D eigenvalue weighted by atomic mass is 9.86. The number of aromatic nitrogens is 2. The van der Waals surface area contributed by atoms with Crippen LogP contribution < -0.4 is 10.9 Å². The maximum atomic E-state index is 11.5. The number of hydrogen-bond acceptors (Lipinski definition) is 3. The molecular formula is C13H21N3O. The lowest BCUT2D eigenvalue weighted by molar-refractivity contribution is 0.278. The SMILES string of the molecule is CC1CCCCC1NCCn1cnccc1=O. The summed E-state index contributed by atoms with van der Waals surface area (Å²) in [6.07, 6.45) is 8.42. The molecular weight excluding hydrogens is 214 g/mol. The predicted molar refractivity (Wildman–Crippen MR) is 67.9 cm³/mol. The molecule has 0 spiro atoms. The summed E-state index contributed by atoms with van der Waals surface area (Å²) in [7, 11) is 0. The third-order valence-corrected chi connectivity index (χ3v) is 3.66. The van der Waals surface area contributed by atoms with Gasteiger partial charge in [-0.2, -0.15) is 0 Å². The fourth-order valence-corrected chi connectivity index (χ4v) is 2.54. The van der Waals surface area contributed by atoms with Gasteiger partial charge in [-0.15, -0.1) is 0 Å². The lowest BCUT2D eigenvalue weighted by Gasteiger charge is -2.29. The zero-order valence-corrected chi connectivity index (χ0v) is 10.4. The zero-order chi connectivity index (χ0) is 12.1. The first kappa shape index (κ1) is 12.3. The molecule has 0 bridgehead atoms. The van der Waals surface area contributed by atoms with Gasteiger partial charge < -0.3 is 5.32 Å². The van der Waals surface area contributed by atoms with Crippen LogP contribution in [0.2, 0.25) is 0 Å². The van der Waals surface area contributed by atoms with E-state index in [1.807, 2.05) is 0 Å². The van der Waals surface area contributed by atoms with Gasteiger partial charge in [0, 0.05) is 31.4 Å². The van der Waals surface area contributed by atoms with Crippen molar-refractivity contribution in [3.05, 3.63) is 28.9 Å². The van der Waals surface area contributed by atoms with Crippen LogP contribution >= 0.6 is 0 Å². The average Bonchev–Trinajstić information content (AvgIpc) is 2.34. The van der Waals surface area contributed by atoms with Crippen molar-refractivity contribution in [2.24, 2.45) is 5.92 Å². The molecule has 0 saturated heterocycles.